The normalized spacial score (nSPS) is 13.4. The second-order valence-corrected chi connectivity index (χ2v) is 6.50. The summed E-state index contributed by atoms with van der Waals surface area (Å²) in [5, 5.41) is 8.95. The van der Waals surface area contributed by atoms with Crippen LogP contribution in [-0.4, -0.2) is 25.5 Å². The molecule has 0 aromatic heterocycles. The number of sulfonamides is 1. The largest absolute Gasteiger partial charge is 0.480 e. The first-order chi connectivity index (χ1) is 9.56. The Hall–Kier alpha value is -1.61. The summed E-state index contributed by atoms with van der Waals surface area (Å²) in [6.07, 6.45) is -0.0418. The number of rotatable bonds is 6. The van der Waals surface area contributed by atoms with Crippen molar-refractivity contribution in [2.45, 2.75) is 31.2 Å². The van der Waals surface area contributed by atoms with Gasteiger partial charge in [0.25, 0.3) is 0 Å². The molecular formula is C12H14F3NO4S. The van der Waals surface area contributed by atoms with Crippen LogP contribution in [0.1, 0.15) is 20.3 Å². The summed E-state index contributed by atoms with van der Waals surface area (Å²) in [6.45, 7) is 3.34. The maximum absolute atomic E-state index is 13.5. The van der Waals surface area contributed by atoms with Gasteiger partial charge >= 0.3 is 5.97 Å². The number of hydrogen-bond donors (Lipinski definition) is 2. The third-order valence-electron chi connectivity index (χ3n) is 2.59. The molecule has 0 amide bonds. The summed E-state index contributed by atoms with van der Waals surface area (Å²) < 4.78 is 64.9. The van der Waals surface area contributed by atoms with Crippen LogP contribution < -0.4 is 4.72 Å². The monoisotopic (exact) mass is 325 g/mol. The molecule has 5 nitrogen and oxygen atoms in total. The van der Waals surface area contributed by atoms with E-state index in [1.54, 1.807) is 18.6 Å². The minimum Gasteiger partial charge on any atom is -0.480 e. The number of hydrogen-bond acceptors (Lipinski definition) is 3. The number of carbonyl (C=O) groups is 1. The van der Waals surface area contributed by atoms with Gasteiger partial charge in [-0.05, 0) is 24.5 Å². The van der Waals surface area contributed by atoms with Gasteiger partial charge in [-0.15, -0.1) is 0 Å². The highest BCUT2D eigenvalue weighted by Gasteiger charge is 2.29. The fourth-order valence-corrected chi connectivity index (χ4v) is 2.91. The number of aliphatic carboxylic acids is 1. The Bertz CT molecular complexity index is 646. The van der Waals surface area contributed by atoms with Crippen molar-refractivity contribution in [1.82, 2.24) is 4.72 Å². The Morgan fingerprint density at radius 2 is 1.81 bits per heavy atom. The van der Waals surface area contributed by atoms with Gasteiger partial charge in [-0.25, -0.2) is 21.6 Å². The molecule has 0 heterocycles. The molecule has 1 unspecified atom stereocenters. The first-order valence-corrected chi connectivity index (χ1v) is 7.43. The molecule has 0 saturated carbocycles. The van der Waals surface area contributed by atoms with Crippen molar-refractivity contribution < 1.29 is 31.5 Å². The van der Waals surface area contributed by atoms with Crippen LogP contribution in [0.4, 0.5) is 13.2 Å². The molecule has 0 radical (unpaired) electrons. The smallest absolute Gasteiger partial charge is 0.321 e. The van der Waals surface area contributed by atoms with Crippen LogP contribution in [-0.2, 0) is 14.8 Å². The lowest BCUT2D eigenvalue weighted by Crippen LogP contribution is -2.41. The van der Waals surface area contributed by atoms with Gasteiger partial charge in [0.05, 0.1) is 0 Å². The highest BCUT2D eigenvalue weighted by atomic mass is 32.2. The molecule has 1 aromatic carbocycles. The van der Waals surface area contributed by atoms with Gasteiger partial charge in [-0.1, -0.05) is 13.8 Å². The Kier molecular flexibility index (Phi) is 5.35. The summed E-state index contributed by atoms with van der Waals surface area (Å²) in [6, 6.07) is -0.516. The summed E-state index contributed by atoms with van der Waals surface area (Å²) in [5.41, 5.74) is 0. The zero-order chi connectivity index (χ0) is 16.4. The number of carboxylic acid groups (broad SMARTS) is 1. The van der Waals surface area contributed by atoms with E-state index < -0.39 is 44.4 Å². The number of halogens is 3. The van der Waals surface area contributed by atoms with Crippen molar-refractivity contribution in [3.8, 4) is 0 Å². The molecule has 2 N–H and O–H groups in total. The highest BCUT2D eigenvalue weighted by molar-refractivity contribution is 7.89. The molecule has 0 aliphatic heterocycles. The molecule has 0 bridgehead atoms. The first kappa shape index (κ1) is 17.4. The average molecular weight is 325 g/mol. The van der Waals surface area contributed by atoms with Crippen LogP contribution in [0.25, 0.3) is 0 Å². The molecule has 1 aromatic rings. The molecule has 0 saturated heterocycles. The first-order valence-electron chi connectivity index (χ1n) is 5.95. The third-order valence-corrected chi connectivity index (χ3v) is 4.08. The molecule has 1 rings (SSSR count). The quantitative estimate of drug-likeness (QED) is 0.782. The molecule has 0 aliphatic carbocycles. The lowest BCUT2D eigenvalue weighted by atomic mass is 10.1. The molecule has 9 heteroatoms. The molecule has 0 aliphatic rings. The molecule has 118 valence electrons. The Labute approximate surface area is 119 Å². The van der Waals surface area contributed by atoms with Gasteiger partial charge in [-0.3, -0.25) is 4.79 Å². The van der Waals surface area contributed by atoms with E-state index in [9.17, 15) is 26.4 Å². The van der Waals surface area contributed by atoms with Crippen LogP contribution in [0.15, 0.2) is 17.0 Å². The number of benzene rings is 1. The maximum Gasteiger partial charge on any atom is 0.321 e. The van der Waals surface area contributed by atoms with E-state index in [2.05, 4.69) is 0 Å². The van der Waals surface area contributed by atoms with Crippen molar-refractivity contribution in [3.63, 3.8) is 0 Å². The second-order valence-electron chi connectivity index (χ2n) is 4.82. The zero-order valence-corrected chi connectivity index (χ0v) is 12.0. The fourth-order valence-electron chi connectivity index (χ4n) is 1.64. The zero-order valence-electron chi connectivity index (χ0n) is 11.2. The van der Waals surface area contributed by atoms with Crippen molar-refractivity contribution >= 4 is 16.0 Å². The summed E-state index contributed by atoms with van der Waals surface area (Å²) in [7, 11) is -4.63. The molecule has 1 atom stereocenters. The number of nitrogens with one attached hydrogen (secondary N) is 1. The van der Waals surface area contributed by atoms with Crippen molar-refractivity contribution in [2.24, 2.45) is 5.92 Å². The predicted molar refractivity (Wildman–Crippen MR) is 67.5 cm³/mol. The van der Waals surface area contributed by atoms with Crippen LogP contribution in [0.5, 0.6) is 0 Å². The van der Waals surface area contributed by atoms with Crippen molar-refractivity contribution in [2.75, 3.05) is 0 Å². The van der Waals surface area contributed by atoms with E-state index >= 15 is 0 Å². The summed E-state index contributed by atoms with van der Waals surface area (Å²) in [5.74, 6) is -6.97. The van der Waals surface area contributed by atoms with E-state index in [0.717, 1.165) is 0 Å². The minimum absolute atomic E-state index is 0.0418. The lowest BCUT2D eigenvalue weighted by Gasteiger charge is -2.17. The Morgan fingerprint density at radius 1 is 1.24 bits per heavy atom. The van der Waals surface area contributed by atoms with Crippen LogP contribution in [0, 0.1) is 23.4 Å². The van der Waals surface area contributed by atoms with Gasteiger partial charge in [0.1, 0.15) is 10.9 Å². The Balaban J connectivity index is 3.17. The average Bonchev–Trinajstić information content (AvgIpc) is 2.33. The van der Waals surface area contributed by atoms with Gasteiger partial charge < -0.3 is 5.11 Å². The Morgan fingerprint density at radius 3 is 2.29 bits per heavy atom. The molecule has 0 fully saturated rings. The SMILES string of the molecule is CC(C)CC(NS(=O)(=O)c1ccc(F)c(F)c1F)C(=O)O. The fraction of sp³-hybridized carbons (Fsp3) is 0.417. The van der Waals surface area contributed by atoms with Crippen LogP contribution >= 0.6 is 0 Å². The van der Waals surface area contributed by atoms with E-state index in [0.29, 0.717) is 12.1 Å². The van der Waals surface area contributed by atoms with E-state index in [4.69, 9.17) is 5.11 Å². The molecule has 21 heavy (non-hydrogen) atoms. The van der Waals surface area contributed by atoms with Gasteiger partial charge in [0.15, 0.2) is 17.5 Å². The summed E-state index contributed by atoms with van der Waals surface area (Å²) >= 11 is 0. The van der Waals surface area contributed by atoms with Crippen LogP contribution in [0.2, 0.25) is 0 Å². The minimum atomic E-state index is -4.63. The lowest BCUT2D eigenvalue weighted by molar-refractivity contribution is -0.139. The van der Waals surface area contributed by atoms with E-state index in [-0.39, 0.29) is 12.3 Å². The van der Waals surface area contributed by atoms with Gasteiger partial charge in [0.2, 0.25) is 10.0 Å². The molecule has 0 spiro atoms. The number of carboxylic acids is 1. The highest BCUT2D eigenvalue weighted by Crippen LogP contribution is 2.20. The van der Waals surface area contributed by atoms with E-state index in [1.165, 1.54) is 0 Å². The van der Waals surface area contributed by atoms with Crippen molar-refractivity contribution in [3.05, 3.63) is 29.6 Å². The third kappa shape index (κ3) is 4.18. The van der Waals surface area contributed by atoms with E-state index in [1.807, 2.05) is 0 Å². The van der Waals surface area contributed by atoms with Crippen molar-refractivity contribution in [1.29, 1.82) is 0 Å². The van der Waals surface area contributed by atoms with Crippen LogP contribution in [0.3, 0.4) is 0 Å². The van der Waals surface area contributed by atoms with Gasteiger partial charge in [0, 0.05) is 0 Å². The molecular weight excluding hydrogens is 311 g/mol. The summed E-state index contributed by atoms with van der Waals surface area (Å²) in [4.78, 5) is 9.85. The topological polar surface area (TPSA) is 83.5 Å². The second kappa shape index (κ2) is 6.44. The van der Waals surface area contributed by atoms with Gasteiger partial charge in [-0.2, -0.15) is 4.72 Å². The standard InChI is InChI=1S/C12H14F3NO4S/c1-6(2)5-8(12(17)18)16-21(19,20)9-4-3-7(13)10(14)11(9)15/h3-4,6,8,16H,5H2,1-2H3,(H,17,18). The maximum atomic E-state index is 13.5. The predicted octanol–water partition coefficient (Wildman–Crippen LogP) is 1.88.